The van der Waals surface area contributed by atoms with Gasteiger partial charge in [-0.15, -0.1) is 11.6 Å². The number of rotatable bonds is 4. The summed E-state index contributed by atoms with van der Waals surface area (Å²) in [6, 6.07) is 2.05. The molecular weight excluding hydrogens is 270 g/mol. The summed E-state index contributed by atoms with van der Waals surface area (Å²) >= 11 is 6.30. The lowest BCUT2D eigenvalue weighted by molar-refractivity contribution is 0.324. The van der Waals surface area contributed by atoms with Gasteiger partial charge in [-0.3, -0.25) is 4.98 Å². The van der Waals surface area contributed by atoms with Gasteiger partial charge in [-0.2, -0.15) is 0 Å². The zero-order valence-electron chi connectivity index (χ0n) is 12.1. The van der Waals surface area contributed by atoms with Gasteiger partial charge in [-0.05, 0) is 25.3 Å². The molecule has 1 aliphatic carbocycles. The Hall–Kier alpha value is -1.09. The molecule has 0 aromatic carbocycles. The summed E-state index contributed by atoms with van der Waals surface area (Å²) in [5, 5.41) is -0.0613. The summed E-state index contributed by atoms with van der Waals surface area (Å²) in [6.07, 6.45) is 11.9. The molecule has 3 nitrogen and oxygen atoms in total. The molecule has 2 aromatic rings. The van der Waals surface area contributed by atoms with Gasteiger partial charge >= 0.3 is 0 Å². The van der Waals surface area contributed by atoms with E-state index < -0.39 is 0 Å². The van der Waals surface area contributed by atoms with Crippen LogP contribution in [0.5, 0.6) is 0 Å². The maximum atomic E-state index is 6.30. The summed E-state index contributed by atoms with van der Waals surface area (Å²) in [5.74, 6) is 1.85. The molecule has 1 fully saturated rings. The fourth-order valence-electron chi connectivity index (χ4n) is 3.33. The van der Waals surface area contributed by atoms with Gasteiger partial charge in [0, 0.05) is 12.7 Å². The Morgan fingerprint density at radius 3 is 2.90 bits per heavy atom. The first kappa shape index (κ1) is 13.9. The highest BCUT2D eigenvalue weighted by Crippen LogP contribution is 2.29. The van der Waals surface area contributed by atoms with Gasteiger partial charge in [0.15, 0.2) is 0 Å². The molecule has 2 aromatic heterocycles. The zero-order valence-corrected chi connectivity index (χ0v) is 12.8. The van der Waals surface area contributed by atoms with Gasteiger partial charge in [0.05, 0.1) is 17.1 Å². The first-order chi connectivity index (χ1) is 9.75. The molecule has 108 valence electrons. The molecule has 0 spiro atoms. The standard InChI is InChI=1S/C16H22ClN3/c1-12(17)16-19-14-11-18-9-7-15(14)20(16)10-8-13-5-3-2-4-6-13/h7,9,11-13H,2-6,8,10H2,1H3. The number of hydrogen-bond donors (Lipinski definition) is 0. The molecule has 1 saturated carbocycles. The van der Waals surface area contributed by atoms with Crippen molar-refractivity contribution in [2.75, 3.05) is 0 Å². The van der Waals surface area contributed by atoms with Crippen molar-refractivity contribution in [2.24, 2.45) is 5.92 Å². The average Bonchev–Trinajstić information content (AvgIpc) is 2.85. The monoisotopic (exact) mass is 291 g/mol. The second-order valence-electron chi connectivity index (χ2n) is 5.89. The molecule has 0 N–H and O–H groups in total. The normalized spacial score (nSPS) is 18.5. The molecule has 0 aliphatic heterocycles. The van der Waals surface area contributed by atoms with E-state index in [0.717, 1.165) is 23.8 Å². The molecular formula is C16H22ClN3. The fourth-order valence-corrected chi connectivity index (χ4v) is 3.49. The van der Waals surface area contributed by atoms with E-state index in [1.807, 2.05) is 25.4 Å². The predicted octanol–water partition coefficient (Wildman–Crippen LogP) is 4.70. The van der Waals surface area contributed by atoms with Crippen LogP contribution in [0.4, 0.5) is 0 Å². The maximum absolute atomic E-state index is 6.30. The first-order valence-corrected chi connectivity index (χ1v) is 8.13. The van der Waals surface area contributed by atoms with E-state index in [9.17, 15) is 0 Å². The second kappa shape index (κ2) is 6.13. The van der Waals surface area contributed by atoms with Gasteiger partial charge in [-0.1, -0.05) is 32.1 Å². The molecule has 20 heavy (non-hydrogen) atoms. The van der Waals surface area contributed by atoms with Gasteiger partial charge in [-0.25, -0.2) is 4.98 Å². The van der Waals surface area contributed by atoms with E-state index >= 15 is 0 Å². The van der Waals surface area contributed by atoms with E-state index in [1.54, 1.807) is 0 Å². The van der Waals surface area contributed by atoms with Crippen LogP contribution >= 0.6 is 11.6 Å². The average molecular weight is 292 g/mol. The van der Waals surface area contributed by atoms with E-state index in [2.05, 4.69) is 14.5 Å². The van der Waals surface area contributed by atoms with Gasteiger partial charge in [0.2, 0.25) is 0 Å². The lowest BCUT2D eigenvalue weighted by Crippen LogP contribution is -2.12. The zero-order chi connectivity index (χ0) is 13.9. The third kappa shape index (κ3) is 2.83. The molecule has 0 bridgehead atoms. The van der Waals surface area contributed by atoms with Gasteiger partial charge < -0.3 is 4.57 Å². The van der Waals surface area contributed by atoms with E-state index in [1.165, 1.54) is 44.0 Å². The first-order valence-electron chi connectivity index (χ1n) is 7.70. The van der Waals surface area contributed by atoms with Crippen molar-refractivity contribution in [3.05, 3.63) is 24.3 Å². The number of fused-ring (bicyclic) bond motifs is 1. The van der Waals surface area contributed by atoms with Crippen LogP contribution in [0.1, 0.15) is 56.7 Å². The molecule has 1 unspecified atom stereocenters. The van der Waals surface area contributed by atoms with Crippen LogP contribution in [0.15, 0.2) is 18.5 Å². The number of imidazole rings is 1. The predicted molar refractivity (Wildman–Crippen MR) is 83.0 cm³/mol. The van der Waals surface area contributed by atoms with Crippen molar-refractivity contribution >= 4 is 22.6 Å². The Bertz CT molecular complexity index is 570. The van der Waals surface area contributed by atoms with Crippen LogP contribution in [-0.4, -0.2) is 14.5 Å². The Balaban J connectivity index is 1.83. The Labute approximate surface area is 125 Å². The van der Waals surface area contributed by atoms with Crippen molar-refractivity contribution in [3.8, 4) is 0 Å². The number of pyridine rings is 1. The highest BCUT2D eigenvalue weighted by molar-refractivity contribution is 6.20. The van der Waals surface area contributed by atoms with Crippen LogP contribution in [0.25, 0.3) is 11.0 Å². The third-order valence-electron chi connectivity index (χ3n) is 4.42. The summed E-state index contributed by atoms with van der Waals surface area (Å²) in [7, 11) is 0. The number of hydrogen-bond acceptors (Lipinski definition) is 2. The smallest absolute Gasteiger partial charge is 0.127 e. The van der Waals surface area contributed by atoms with Crippen LogP contribution in [0.3, 0.4) is 0 Å². The third-order valence-corrected chi connectivity index (χ3v) is 4.62. The molecule has 4 heteroatoms. The molecule has 0 amide bonds. The Kier molecular flexibility index (Phi) is 4.25. The van der Waals surface area contributed by atoms with E-state index in [0.29, 0.717) is 0 Å². The molecule has 2 heterocycles. The summed E-state index contributed by atoms with van der Waals surface area (Å²) < 4.78 is 2.29. The minimum atomic E-state index is -0.0613. The van der Waals surface area contributed by atoms with E-state index in [-0.39, 0.29) is 5.38 Å². The highest BCUT2D eigenvalue weighted by atomic mass is 35.5. The van der Waals surface area contributed by atoms with Crippen LogP contribution < -0.4 is 0 Å². The highest BCUT2D eigenvalue weighted by Gasteiger charge is 2.18. The van der Waals surface area contributed by atoms with Gasteiger partial charge in [0.25, 0.3) is 0 Å². The van der Waals surface area contributed by atoms with Crippen molar-refractivity contribution in [2.45, 2.75) is 57.4 Å². The van der Waals surface area contributed by atoms with Crippen LogP contribution in [-0.2, 0) is 6.54 Å². The lowest BCUT2D eigenvalue weighted by Gasteiger charge is -2.22. The van der Waals surface area contributed by atoms with Gasteiger partial charge in [0.1, 0.15) is 11.3 Å². The largest absolute Gasteiger partial charge is 0.327 e. The summed E-state index contributed by atoms with van der Waals surface area (Å²) in [6.45, 7) is 3.02. The summed E-state index contributed by atoms with van der Waals surface area (Å²) in [5.41, 5.74) is 2.12. The van der Waals surface area contributed by atoms with Crippen LogP contribution in [0, 0.1) is 5.92 Å². The minimum Gasteiger partial charge on any atom is -0.327 e. The lowest BCUT2D eigenvalue weighted by atomic mass is 9.87. The van der Waals surface area contributed by atoms with Crippen molar-refractivity contribution in [1.82, 2.24) is 14.5 Å². The molecule has 1 aliphatic rings. The number of alkyl halides is 1. The number of aryl methyl sites for hydroxylation is 1. The number of halogens is 1. The molecule has 0 radical (unpaired) electrons. The summed E-state index contributed by atoms with van der Waals surface area (Å²) in [4.78, 5) is 8.80. The fraction of sp³-hybridized carbons (Fsp3) is 0.625. The quantitative estimate of drug-likeness (QED) is 0.764. The molecule has 1 atom stereocenters. The van der Waals surface area contributed by atoms with E-state index in [4.69, 9.17) is 11.6 Å². The van der Waals surface area contributed by atoms with Crippen molar-refractivity contribution in [3.63, 3.8) is 0 Å². The van der Waals surface area contributed by atoms with Crippen LogP contribution in [0.2, 0.25) is 0 Å². The van der Waals surface area contributed by atoms with Crippen molar-refractivity contribution < 1.29 is 0 Å². The molecule has 3 rings (SSSR count). The molecule has 0 saturated heterocycles. The Morgan fingerprint density at radius 2 is 2.15 bits per heavy atom. The number of nitrogens with zero attached hydrogens (tertiary/aromatic N) is 3. The second-order valence-corrected chi connectivity index (χ2v) is 6.55. The SMILES string of the molecule is CC(Cl)c1nc2cnccc2n1CCC1CCCCC1. The van der Waals surface area contributed by atoms with Crippen molar-refractivity contribution in [1.29, 1.82) is 0 Å². The minimum absolute atomic E-state index is 0.0613. The topological polar surface area (TPSA) is 30.7 Å². The number of aromatic nitrogens is 3. The Morgan fingerprint density at radius 1 is 1.35 bits per heavy atom. The maximum Gasteiger partial charge on any atom is 0.127 e.